The topological polar surface area (TPSA) is 54.5 Å². The van der Waals surface area contributed by atoms with E-state index in [-0.39, 0.29) is 23.5 Å². The van der Waals surface area contributed by atoms with E-state index >= 15 is 0 Å². The smallest absolute Gasteiger partial charge is 0.247 e. The molecule has 0 radical (unpaired) electrons. The zero-order chi connectivity index (χ0) is 20.3. The fourth-order valence-corrected chi connectivity index (χ4v) is 5.58. The number of amides is 1. The van der Waals surface area contributed by atoms with Crippen LogP contribution in [0.15, 0.2) is 78.9 Å². The van der Waals surface area contributed by atoms with Gasteiger partial charge in [-0.3, -0.25) is 4.79 Å². The highest BCUT2D eigenvalue weighted by Crippen LogP contribution is 2.25. The Morgan fingerprint density at radius 1 is 0.966 bits per heavy atom. The summed E-state index contributed by atoms with van der Waals surface area (Å²) in [6.45, 7) is 0.388. The molecule has 148 valence electrons. The lowest BCUT2D eigenvalue weighted by Gasteiger charge is -2.28. The maximum Gasteiger partial charge on any atom is 0.247 e. The van der Waals surface area contributed by atoms with Gasteiger partial charge in [0.25, 0.3) is 0 Å². The fraction of sp³-hybridized carbons (Fsp3) is 0.208. The van der Waals surface area contributed by atoms with Crippen molar-refractivity contribution in [2.24, 2.45) is 0 Å². The van der Waals surface area contributed by atoms with Crippen molar-refractivity contribution in [1.82, 2.24) is 4.90 Å². The summed E-state index contributed by atoms with van der Waals surface area (Å²) in [4.78, 5) is 14.8. The molecule has 1 fully saturated rings. The maximum absolute atomic E-state index is 13.1. The number of hydrogen-bond donors (Lipinski definition) is 0. The van der Waals surface area contributed by atoms with Gasteiger partial charge in [0.15, 0.2) is 9.84 Å². The van der Waals surface area contributed by atoms with Gasteiger partial charge < -0.3 is 4.90 Å². The van der Waals surface area contributed by atoms with E-state index in [2.05, 4.69) is 0 Å². The molecule has 1 saturated heterocycles. The Balaban J connectivity index is 1.65. The highest BCUT2D eigenvalue weighted by molar-refractivity contribution is 7.91. The fourth-order valence-electron chi connectivity index (χ4n) is 3.85. The first-order chi connectivity index (χ1) is 14.0. The lowest BCUT2D eigenvalue weighted by Crippen LogP contribution is -2.39. The van der Waals surface area contributed by atoms with E-state index in [1.807, 2.05) is 72.8 Å². The molecule has 0 spiro atoms. The minimum Gasteiger partial charge on any atom is -0.331 e. The quantitative estimate of drug-likeness (QED) is 0.602. The minimum atomic E-state index is -3.09. The van der Waals surface area contributed by atoms with Crippen molar-refractivity contribution in [3.8, 4) is 0 Å². The SMILES string of the molecule is O=C(C=Cc1ccccc1)N(Cc1cccc2ccccc12)C1CCS(=O)(=O)C1. The van der Waals surface area contributed by atoms with Crippen LogP contribution in [0.4, 0.5) is 0 Å². The second-order valence-electron chi connectivity index (χ2n) is 7.41. The maximum atomic E-state index is 13.1. The van der Waals surface area contributed by atoms with Crippen molar-refractivity contribution in [2.75, 3.05) is 11.5 Å². The summed E-state index contributed by atoms with van der Waals surface area (Å²) in [5.74, 6) is 0.00565. The van der Waals surface area contributed by atoms with Gasteiger partial charge in [0.05, 0.1) is 11.5 Å². The highest BCUT2D eigenvalue weighted by atomic mass is 32.2. The van der Waals surface area contributed by atoms with Gasteiger partial charge >= 0.3 is 0 Å². The van der Waals surface area contributed by atoms with Crippen molar-refractivity contribution in [1.29, 1.82) is 0 Å². The van der Waals surface area contributed by atoms with Crippen LogP contribution in [-0.2, 0) is 21.2 Å². The average molecular weight is 406 g/mol. The molecular formula is C24H23NO3S. The van der Waals surface area contributed by atoms with Crippen LogP contribution in [0.25, 0.3) is 16.8 Å². The molecular weight excluding hydrogens is 382 g/mol. The van der Waals surface area contributed by atoms with Gasteiger partial charge in [-0.05, 0) is 34.4 Å². The van der Waals surface area contributed by atoms with Gasteiger partial charge in [-0.1, -0.05) is 72.8 Å². The standard InChI is InChI=1S/C24H23NO3S/c26-24(14-13-19-7-2-1-3-8-19)25(22-15-16-29(27,28)18-22)17-21-11-6-10-20-9-4-5-12-23(20)21/h1-14,22H,15-18H2. The number of rotatable bonds is 5. The summed E-state index contributed by atoms with van der Waals surface area (Å²) in [6.07, 6.45) is 3.81. The van der Waals surface area contributed by atoms with Crippen LogP contribution in [0.5, 0.6) is 0 Å². The third-order valence-electron chi connectivity index (χ3n) is 5.37. The van der Waals surface area contributed by atoms with Crippen molar-refractivity contribution in [3.05, 3.63) is 90.0 Å². The molecule has 1 unspecified atom stereocenters. The molecule has 0 aromatic heterocycles. The molecule has 3 aromatic carbocycles. The first-order valence-electron chi connectivity index (χ1n) is 9.73. The van der Waals surface area contributed by atoms with Crippen molar-refractivity contribution in [3.63, 3.8) is 0 Å². The molecule has 1 aliphatic heterocycles. The van der Waals surface area contributed by atoms with Crippen LogP contribution < -0.4 is 0 Å². The summed E-state index contributed by atoms with van der Waals surface area (Å²) in [6, 6.07) is 23.4. The largest absolute Gasteiger partial charge is 0.331 e. The molecule has 5 heteroatoms. The van der Waals surface area contributed by atoms with Crippen LogP contribution in [0.2, 0.25) is 0 Å². The Bertz CT molecular complexity index is 1150. The lowest BCUT2D eigenvalue weighted by atomic mass is 10.0. The molecule has 1 amide bonds. The van der Waals surface area contributed by atoms with Crippen LogP contribution in [0.1, 0.15) is 17.5 Å². The van der Waals surface area contributed by atoms with E-state index in [0.29, 0.717) is 13.0 Å². The van der Waals surface area contributed by atoms with Crippen molar-refractivity contribution in [2.45, 2.75) is 19.0 Å². The van der Waals surface area contributed by atoms with Gasteiger partial charge in [-0.15, -0.1) is 0 Å². The molecule has 0 saturated carbocycles. The van der Waals surface area contributed by atoms with E-state index < -0.39 is 9.84 Å². The normalized spacial score (nSPS) is 18.3. The zero-order valence-corrected chi connectivity index (χ0v) is 16.9. The molecule has 1 atom stereocenters. The van der Waals surface area contributed by atoms with Crippen LogP contribution >= 0.6 is 0 Å². The third kappa shape index (κ3) is 4.57. The number of nitrogens with zero attached hydrogens (tertiary/aromatic N) is 1. The first-order valence-corrected chi connectivity index (χ1v) is 11.5. The average Bonchev–Trinajstić information content (AvgIpc) is 3.10. The van der Waals surface area contributed by atoms with E-state index in [1.54, 1.807) is 17.1 Å². The summed E-state index contributed by atoms with van der Waals surface area (Å²) in [5.41, 5.74) is 1.96. The Morgan fingerprint density at radius 2 is 1.69 bits per heavy atom. The van der Waals surface area contributed by atoms with Crippen LogP contribution in [0.3, 0.4) is 0 Å². The lowest BCUT2D eigenvalue weighted by molar-refractivity contribution is -0.128. The van der Waals surface area contributed by atoms with Crippen molar-refractivity contribution >= 4 is 32.6 Å². The van der Waals surface area contributed by atoms with Crippen LogP contribution in [0, 0.1) is 0 Å². The van der Waals surface area contributed by atoms with E-state index in [9.17, 15) is 13.2 Å². The minimum absolute atomic E-state index is 0.0304. The number of benzene rings is 3. The molecule has 0 aliphatic carbocycles. The number of fused-ring (bicyclic) bond motifs is 1. The Labute approximate surface area is 171 Å². The number of carbonyl (C=O) groups is 1. The van der Waals surface area contributed by atoms with E-state index in [0.717, 1.165) is 21.9 Å². The molecule has 0 bridgehead atoms. The summed E-state index contributed by atoms with van der Waals surface area (Å²) in [5, 5.41) is 2.19. The number of sulfone groups is 1. The number of carbonyl (C=O) groups excluding carboxylic acids is 1. The van der Waals surface area contributed by atoms with Crippen LogP contribution in [-0.4, -0.2) is 36.8 Å². The molecule has 0 N–H and O–H groups in total. The predicted molar refractivity (Wildman–Crippen MR) is 117 cm³/mol. The molecule has 4 nitrogen and oxygen atoms in total. The molecule has 1 aliphatic rings. The van der Waals surface area contributed by atoms with E-state index in [1.165, 1.54) is 0 Å². The monoisotopic (exact) mass is 405 g/mol. The zero-order valence-electron chi connectivity index (χ0n) is 16.1. The highest BCUT2D eigenvalue weighted by Gasteiger charge is 2.34. The second-order valence-corrected chi connectivity index (χ2v) is 9.63. The molecule has 1 heterocycles. The predicted octanol–water partition coefficient (Wildman–Crippen LogP) is 4.07. The van der Waals surface area contributed by atoms with Gasteiger partial charge in [-0.25, -0.2) is 8.42 Å². The molecule has 4 rings (SSSR count). The third-order valence-corrected chi connectivity index (χ3v) is 7.12. The Kier molecular flexibility index (Phi) is 5.49. The summed E-state index contributed by atoms with van der Waals surface area (Å²) >= 11 is 0. The Morgan fingerprint density at radius 3 is 2.45 bits per heavy atom. The van der Waals surface area contributed by atoms with Gasteiger partial charge in [0.2, 0.25) is 5.91 Å². The second kappa shape index (κ2) is 8.21. The van der Waals surface area contributed by atoms with E-state index in [4.69, 9.17) is 0 Å². The Hall–Kier alpha value is -2.92. The van der Waals surface area contributed by atoms with Crippen molar-refractivity contribution < 1.29 is 13.2 Å². The molecule has 3 aromatic rings. The van der Waals surface area contributed by atoms with Gasteiger partial charge in [0, 0.05) is 18.7 Å². The first kappa shape index (κ1) is 19.4. The summed E-state index contributed by atoms with van der Waals surface area (Å²) in [7, 11) is -3.09. The molecule has 29 heavy (non-hydrogen) atoms. The summed E-state index contributed by atoms with van der Waals surface area (Å²) < 4.78 is 24.1. The number of hydrogen-bond acceptors (Lipinski definition) is 3. The van der Waals surface area contributed by atoms with Gasteiger partial charge in [0.1, 0.15) is 0 Å². The van der Waals surface area contributed by atoms with Gasteiger partial charge in [-0.2, -0.15) is 0 Å².